The molecule has 1 aromatic heterocycles. The second-order valence-electron chi connectivity index (χ2n) is 2.39. The van der Waals surface area contributed by atoms with E-state index < -0.39 is 29.4 Å². The van der Waals surface area contributed by atoms with Crippen molar-refractivity contribution in [2.24, 2.45) is 0 Å². The van der Waals surface area contributed by atoms with Crippen LogP contribution < -0.4 is 0 Å². The molecule has 0 spiro atoms. The van der Waals surface area contributed by atoms with E-state index in [4.69, 9.17) is 0 Å². The molecule has 1 heterocycles. The molecule has 0 aliphatic rings. The lowest BCUT2D eigenvalue weighted by Crippen LogP contribution is -2.05. The Balaban J connectivity index is 3.20. The molecule has 0 saturated heterocycles. The number of aromatic nitrogens is 1. The first-order chi connectivity index (χ1) is 6.57. The summed E-state index contributed by atoms with van der Waals surface area (Å²) >= 11 is 0. The SMILES string of the molecule is COC(=O)c1nccc(C(F)F)c1O. The van der Waals surface area contributed by atoms with Gasteiger partial charge in [-0.05, 0) is 6.07 Å². The lowest BCUT2D eigenvalue weighted by Gasteiger charge is -2.05. The van der Waals surface area contributed by atoms with Crippen molar-refractivity contribution in [3.05, 3.63) is 23.5 Å². The first-order valence-electron chi connectivity index (χ1n) is 3.62. The van der Waals surface area contributed by atoms with Gasteiger partial charge in [-0.3, -0.25) is 0 Å². The molecule has 1 N–H and O–H groups in total. The quantitative estimate of drug-likeness (QED) is 0.740. The summed E-state index contributed by atoms with van der Waals surface area (Å²) in [5.74, 6) is -1.79. The van der Waals surface area contributed by atoms with E-state index >= 15 is 0 Å². The molecule has 4 nitrogen and oxygen atoms in total. The van der Waals surface area contributed by atoms with Gasteiger partial charge in [-0.1, -0.05) is 0 Å². The van der Waals surface area contributed by atoms with Gasteiger partial charge >= 0.3 is 5.97 Å². The number of hydrogen-bond acceptors (Lipinski definition) is 4. The Hall–Kier alpha value is -1.72. The summed E-state index contributed by atoms with van der Waals surface area (Å²) in [5.41, 5.74) is -1.15. The first-order valence-corrected chi connectivity index (χ1v) is 3.62. The fourth-order valence-corrected chi connectivity index (χ4v) is 0.891. The minimum atomic E-state index is -2.86. The van der Waals surface area contributed by atoms with Gasteiger partial charge in [0.05, 0.1) is 12.7 Å². The maximum Gasteiger partial charge on any atom is 0.360 e. The molecule has 0 bridgehead atoms. The molecular formula is C8H7F2NO3. The first kappa shape index (κ1) is 10.4. The Morgan fingerprint density at radius 2 is 2.29 bits per heavy atom. The van der Waals surface area contributed by atoms with Crippen molar-refractivity contribution < 1.29 is 23.4 Å². The van der Waals surface area contributed by atoms with Crippen LogP contribution in [-0.4, -0.2) is 23.2 Å². The van der Waals surface area contributed by atoms with Gasteiger partial charge in [0, 0.05) is 6.20 Å². The largest absolute Gasteiger partial charge is 0.505 e. The number of ether oxygens (including phenoxy) is 1. The van der Waals surface area contributed by atoms with Crippen LogP contribution in [0.15, 0.2) is 12.3 Å². The normalized spacial score (nSPS) is 10.3. The lowest BCUT2D eigenvalue weighted by atomic mass is 10.2. The summed E-state index contributed by atoms with van der Waals surface area (Å²) in [4.78, 5) is 14.4. The summed E-state index contributed by atoms with van der Waals surface area (Å²) in [6.07, 6.45) is -1.85. The number of aromatic hydroxyl groups is 1. The molecule has 0 atom stereocenters. The molecule has 0 unspecified atom stereocenters. The van der Waals surface area contributed by atoms with Crippen LogP contribution in [0.5, 0.6) is 5.75 Å². The summed E-state index contributed by atoms with van der Waals surface area (Å²) in [6.45, 7) is 0. The van der Waals surface area contributed by atoms with Crippen LogP contribution in [0.1, 0.15) is 22.5 Å². The summed E-state index contributed by atoms with van der Waals surface area (Å²) in [5, 5.41) is 9.22. The fourth-order valence-electron chi connectivity index (χ4n) is 0.891. The molecule has 0 saturated carbocycles. The van der Waals surface area contributed by atoms with E-state index in [0.717, 1.165) is 19.4 Å². The average Bonchev–Trinajstić information content (AvgIpc) is 2.16. The van der Waals surface area contributed by atoms with E-state index in [2.05, 4.69) is 9.72 Å². The topological polar surface area (TPSA) is 59.4 Å². The molecule has 1 aromatic rings. The van der Waals surface area contributed by atoms with Crippen LogP contribution >= 0.6 is 0 Å². The van der Waals surface area contributed by atoms with Crippen molar-refractivity contribution in [2.45, 2.75) is 6.43 Å². The number of methoxy groups -OCH3 is 1. The maximum absolute atomic E-state index is 12.2. The van der Waals surface area contributed by atoms with Crippen molar-refractivity contribution in [3.63, 3.8) is 0 Å². The highest BCUT2D eigenvalue weighted by Gasteiger charge is 2.20. The molecule has 0 aromatic carbocycles. The van der Waals surface area contributed by atoms with Gasteiger partial charge in [0.1, 0.15) is 0 Å². The van der Waals surface area contributed by atoms with Crippen molar-refractivity contribution in [1.29, 1.82) is 0 Å². The standard InChI is InChI=1S/C8H7F2NO3/c1-14-8(13)5-6(12)4(7(9)10)2-3-11-5/h2-3,7,12H,1H3. The Morgan fingerprint density at radius 3 is 2.79 bits per heavy atom. The number of carbonyl (C=O) groups excluding carboxylic acids is 1. The van der Waals surface area contributed by atoms with Crippen molar-refractivity contribution in [3.8, 4) is 5.75 Å². The molecule has 0 fully saturated rings. The Bertz CT molecular complexity index is 354. The third-order valence-corrected chi connectivity index (χ3v) is 1.57. The molecule has 6 heteroatoms. The Morgan fingerprint density at radius 1 is 1.64 bits per heavy atom. The second-order valence-corrected chi connectivity index (χ2v) is 2.39. The van der Waals surface area contributed by atoms with Gasteiger partial charge < -0.3 is 9.84 Å². The molecule has 14 heavy (non-hydrogen) atoms. The number of carbonyl (C=O) groups is 1. The van der Waals surface area contributed by atoms with Crippen molar-refractivity contribution in [1.82, 2.24) is 4.98 Å². The van der Waals surface area contributed by atoms with Gasteiger partial charge in [-0.25, -0.2) is 18.6 Å². The van der Waals surface area contributed by atoms with Crippen molar-refractivity contribution >= 4 is 5.97 Å². The highest BCUT2D eigenvalue weighted by Crippen LogP contribution is 2.29. The van der Waals surface area contributed by atoms with E-state index in [0.29, 0.717) is 0 Å². The molecule has 0 aliphatic carbocycles. The van der Waals surface area contributed by atoms with E-state index in [9.17, 15) is 18.7 Å². The van der Waals surface area contributed by atoms with E-state index in [1.54, 1.807) is 0 Å². The number of rotatable bonds is 2. The van der Waals surface area contributed by atoms with Gasteiger partial charge in [0.15, 0.2) is 11.4 Å². The van der Waals surface area contributed by atoms with E-state index in [1.165, 1.54) is 0 Å². The number of halogens is 2. The second kappa shape index (κ2) is 3.99. The zero-order valence-corrected chi connectivity index (χ0v) is 7.20. The van der Waals surface area contributed by atoms with E-state index in [1.807, 2.05) is 0 Å². The minimum absolute atomic E-state index is 0.509. The number of nitrogens with zero attached hydrogens (tertiary/aromatic N) is 1. The molecular weight excluding hydrogens is 196 g/mol. The smallest absolute Gasteiger partial charge is 0.360 e. The van der Waals surface area contributed by atoms with Crippen LogP contribution in [0.4, 0.5) is 8.78 Å². The predicted molar refractivity (Wildman–Crippen MR) is 42.2 cm³/mol. The highest BCUT2D eigenvalue weighted by molar-refractivity contribution is 5.90. The number of hydrogen-bond donors (Lipinski definition) is 1. The van der Waals surface area contributed by atoms with Crippen molar-refractivity contribution in [2.75, 3.05) is 7.11 Å². The molecule has 0 amide bonds. The van der Waals surface area contributed by atoms with Crippen LogP contribution in [0.25, 0.3) is 0 Å². The average molecular weight is 203 g/mol. The molecule has 1 rings (SSSR count). The number of pyridine rings is 1. The van der Waals surface area contributed by atoms with Gasteiger partial charge in [0.2, 0.25) is 0 Å². The zero-order valence-electron chi connectivity index (χ0n) is 7.20. The molecule has 0 radical (unpaired) electrons. The number of alkyl halides is 2. The highest BCUT2D eigenvalue weighted by atomic mass is 19.3. The van der Waals surface area contributed by atoms with Gasteiger partial charge in [-0.15, -0.1) is 0 Å². The molecule has 0 aliphatic heterocycles. The minimum Gasteiger partial charge on any atom is -0.505 e. The predicted octanol–water partition coefficient (Wildman–Crippen LogP) is 1.51. The van der Waals surface area contributed by atoms with Crippen LogP contribution in [-0.2, 0) is 4.74 Å². The van der Waals surface area contributed by atoms with E-state index in [-0.39, 0.29) is 0 Å². The van der Waals surface area contributed by atoms with Crippen LogP contribution in [0.3, 0.4) is 0 Å². The van der Waals surface area contributed by atoms with Crippen LogP contribution in [0.2, 0.25) is 0 Å². The lowest BCUT2D eigenvalue weighted by molar-refractivity contribution is 0.0589. The summed E-state index contributed by atoms with van der Waals surface area (Å²) in [6, 6.07) is 0.937. The van der Waals surface area contributed by atoms with Gasteiger partial charge in [0.25, 0.3) is 6.43 Å². The monoisotopic (exact) mass is 203 g/mol. The Labute approximate surface area is 78.1 Å². The third-order valence-electron chi connectivity index (χ3n) is 1.57. The fraction of sp³-hybridized carbons (Fsp3) is 0.250. The maximum atomic E-state index is 12.2. The van der Waals surface area contributed by atoms with Crippen LogP contribution in [0, 0.1) is 0 Å². The number of esters is 1. The zero-order chi connectivity index (χ0) is 10.7. The summed E-state index contributed by atoms with van der Waals surface area (Å²) < 4.78 is 28.7. The Kier molecular flexibility index (Phi) is 2.95. The van der Waals surface area contributed by atoms with Gasteiger partial charge in [-0.2, -0.15) is 0 Å². The molecule has 76 valence electrons. The summed E-state index contributed by atoms with van der Waals surface area (Å²) in [7, 11) is 1.07. The third kappa shape index (κ3) is 1.78.